The normalized spacial score (nSPS) is 16.6. The van der Waals surface area contributed by atoms with Crippen LogP contribution in [0.5, 0.6) is 5.75 Å². The van der Waals surface area contributed by atoms with Gasteiger partial charge in [-0.25, -0.2) is 9.37 Å². The summed E-state index contributed by atoms with van der Waals surface area (Å²) < 4.78 is 26.3. The van der Waals surface area contributed by atoms with Crippen molar-refractivity contribution in [3.8, 4) is 5.75 Å². The lowest BCUT2D eigenvalue weighted by molar-refractivity contribution is 0.0904. The minimum Gasteiger partial charge on any atom is -0.490 e. The molecular formula is C24H29FN4O2. The maximum atomic E-state index is 14.9. The molecule has 1 aromatic carbocycles. The SMILES string of the molecule is CC(C)[C@@H](C)Oc1ccc2n[nH]c(/C=C(\F)c3ccc(NC4CCOCC4)nc3)c2c1. The van der Waals surface area contributed by atoms with E-state index in [-0.39, 0.29) is 11.9 Å². The van der Waals surface area contributed by atoms with E-state index in [1.54, 1.807) is 12.3 Å². The highest BCUT2D eigenvalue weighted by Gasteiger charge is 2.14. The van der Waals surface area contributed by atoms with Crippen molar-refractivity contribution in [3.05, 3.63) is 47.8 Å². The minimum atomic E-state index is -0.377. The maximum Gasteiger partial charge on any atom is 0.134 e. The van der Waals surface area contributed by atoms with Crippen LogP contribution in [0.25, 0.3) is 22.8 Å². The van der Waals surface area contributed by atoms with Gasteiger partial charge in [0.2, 0.25) is 0 Å². The summed E-state index contributed by atoms with van der Waals surface area (Å²) >= 11 is 0. The molecule has 3 heterocycles. The number of benzene rings is 1. The first kappa shape index (κ1) is 21.3. The third kappa shape index (κ3) is 5.22. The summed E-state index contributed by atoms with van der Waals surface area (Å²) in [7, 11) is 0. The van der Waals surface area contributed by atoms with E-state index in [0.717, 1.165) is 48.5 Å². The number of rotatable bonds is 7. The van der Waals surface area contributed by atoms with Crippen molar-refractivity contribution in [3.63, 3.8) is 0 Å². The molecule has 0 spiro atoms. The second-order valence-corrected chi connectivity index (χ2v) is 8.34. The Kier molecular flexibility index (Phi) is 6.51. The molecule has 0 amide bonds. The second kappa shape index (κ2) is 9.47. The molecule has 0 aliphatic carbocycles. The highest BCUT2D eigenvalue weighted by atomic mass is 19.1. The molecule has 1 saturated heterocycles. The fourth-order valence-electron chi connectivity index (χ4n) is 3.42. The Morgan fingerprint density at radius 1 is 1.23 bits per heavy atom. The van der Waals surface area contributed by atoms with E-state index in [9.17, 15) is 4.39 Å². The van der Waals surface area contributed by atoms with Crippen molar-refractivity contribution in [1.29, 1.82) is 0 Å². The third-order valence-corrected chi connectivity index (χ3v) is 5.70. The number of aromatic nitrogens is 3. The Bertz CT molecular complexity index is 1040. The van der Waals surface area contributed by atoms with Crippen LogP contribution in [0.4, 0.5) is 10.2 Å². The smallest absolute Gasteiger partial charge is 0.134 e. The Morgan fingerprint density at radius 3 is 2.74 bits per heavy atom. The number of aromatic amines is 1. The topological polar surface area (TPSA) is 72.1 Å². The van der Waals surface area contributed by atoms with Crippen LogP contribution in [0.15, 0.2) is 36.5 Å². The summed E-state index contributed by atoms with van der Waals surface area (Å²) in [6, 6.07) is 9.55. The van der Waals surface area contributed by atoms with Crippen LogP contribution in [-0.2, 0) is 4.74 Å². The van der Waals surface area contributed by atoms with Crippen molar-refractivity contribution in [2.45, 2.75) is 45.8 Å². The molecule has 1 atom stereocenters. The summed E-state index contributed by atoms with van der Waals surface area (Å²) in [6.45, 7) is 7.78. The zero-order valence-electron chi connectivity index (χ0n) is 18.2. The predicted molar refractivity (Wildman–Crippen MR) is 122 cm³/mol. The van der Waals surface area contributed by atoms with Crippen molar-refractivity contribution in [1.82, 2.24) is 15.2 Å². The summed E-state index contributed by atoms with van der Waals surface area (Å²) in [5.74, 6) is 1.51. The molecule has 31 heavy (non-hydrogen) atoms. The van der Waals surface area contributed by atoms with Gasteiger partial charge in [-0.05, 0) is 56.0 Å². The Balaban J connectivity index is 1.50. The first-order valence-corrected chi connectivity index (χ1v) is 10.8. The number of ether oxygens (including phenoxy) is 2. The van der Waals surface area contributed by atoms with Crippen molar-refractivity contribution in [2.75, 3.05) is 18.5 Å². The van der Waals surface area contributed by atoms with E-state index in [0.29, 0.717) is 23.2 Å². The van der Waals surface area contributed by atoms with Crippen molar-refractivity contribution < 1.29 is 13.9 Å². The standard InChI is InChI=1S/C24H29FN4O2/c1-15(2)16(3)31-19-5-6-22-20(12-19)23(29-28-22)13-21(25)17-4-7-24(26-14-17)27-18-8-10-30-11-9-18/h4-7,12-16,18H,8-11H2,1-3H3,(H,26,27)(H,28,29)/b21-13-/t16-/m1/s1. The van der Waals surface area contributed by atoms with Gasteiger partial charge in [0, 0.05) is 42.5 Å². The number of fused-ring (bicyclic) bond motifs is 1. The van der Waals surface area contributed by atoms with E-state index >= 15 is 0 Å². The lowest BCUT2D eigenvalue weighted by Crippen LogP contribution is -2.28. The van der Waals surface area contributed by atoms with Gasteiger partial charge in [-0.2, -0.15) is 5.10 Å². The number of nitrogens with one attached hydrogen (secondary N) is 2. The summed E-state index contributed by atoms with van der Waals surface area (Å²) in [4.78, 5) is 4.37. The van der Waals surface area contributed by atoms with Crippen LogP contribution >= 0.6 is 0 Å². The Labute approximate surface area is 181 Å². The van der Waals surface area contributed by atoms with E-state index < -0.39 is 0 Å². The second-order valence-electron chi connectivity index (χ2n) is 8.34. The Hall–Kier alpha value is -2.93. The summed E-state index contributed by atoms with van der Waals surface area (Å²) in [5, 5.41) is 11.4. The largest absolute Gasteiger partial charge is 0.490 e. The lowest BCUT2D eigenvalue weighted by Gasteiger charge is -2.23. The van der Waals surface area contributed by atoms with E-state index in [2.05, 4.69) is 34.3 Å². The van der Waals surface area contributed by atoms with Gasteiger partial charge in [0.05, 0.1) is 17.3 Å². The van der Waals surface area contributed by atoms with Crippen LogP contribution < -0.4 is 10.1 Å². The molecule has 7 heteroatoms. The number of anilines is 1. The average Bonchev–Trinajstić information content (AvgIpc) is 3.17. The van der Waals surface area contributed by atoms with Gasteiger partial charge in [0.15, 0.2) is 0 Å². The molecular weight excluding hydrogens is 395 g/mol. The number of H-pyrrole nitrogens is 1. The van der Waals surface area contributed by atoms with E-state index in [1.807, 2.05) is 31.2 Å². The molecule has 2 N–H and O–H groups in total. The van der Waals surface area contributed by atoms with Crippen LogP contribution in [0, 0.1) is 5.92 Å². The number of halogens is 1. The first-order chi connectivity index (χ1) is 15.0. The molecule has 0 radical (unpaired) electrons. The number of nitrogens with zero attached hydrogens (tertiary/aromatic N) is 2. The highest BCUT2D eigenvalue weighted by Crippen LogP contribution is 2.27. The van der Waals surface area contributed by atoms with Gasteiger partial charge < -0.3 is 14.8 Å². The van der Waals surface area contributed by atoms with Gasteiger partial charge in [0.1, 0.15) is 17.4 Å². The molecule has 1 aliphatic rings. The Morgan fingerprint density at radius 2 is 2.03 bits per heavy atom. The van der Waals surface area contributed by atoms with Crippen LogP contribution in [0.1, 0.15) is 44.9 Å². The molecule has 1 fully saturated rings. The maximum absolute atomic E-state index is 14.9. The van der Waals surface area contributed by atoms with Crippen molar-refractivity contribution in [2.24, 2.45) is 5.92 Å². The average molecular weight is 425 g/mol. The van der Waals surface area contributed by atoms with Gasteiger partial charge in [0.25, 0.3) is 0 Å². The van der Waals surface area contributed by atoms with Crippen LogP contribution in [-0.4, -0.2) is 40.5 Å². The van der Waals surface area contributed by atoms with Crippen LogP contribution in [0.2, 0.25) is 0 Å². The van der Waals surface area contributed by atoms with Gasteiger partial charge in [-0.3, -0.25) is 5.10 Å². The van der Waals surface area contributed by atoms with Gasteiger partial charge in [-0.1, -0.05) is 13.8 Å². The molecule has 6 nitrogen and oxygen atoms in total. The minimum absolute atomic E-state index is 0.0828. The highest BCUT2D eigenvalue weighted by molar-refractivity contribution is 5.91. The van der Waals surface area contributed by atoms with Gasteiger partial charge >= 0.3 is 0 Å². The molecule has 4 rings (SSSR count). The molecule has 0 saturated carbocycles. The zero-order chi connectivity index (χ0) is 21.8. The zero-order valence-corrected chi connectivity index (χ0v) is 18.2. The third-order valence-electron chi connectivity index (χ3n) is 5.70. The lowest BCUT2D eigenvalue weighted by atomic mass is 10.1. The number of hydrogen-bond acceptors (Lipinski definition) is 5. The molecule has 1 aliphatic heterocycles. The van der Waals surface area contributed by atoms with Crippen LogP contribution in [0.3, 0.4) is 0 Å². The predicted octanol–water partition coefficient (Wildman–Crippen LogP) is 5.44. The summed E-state index contributed by atoms with van der Waals surface area (Å²) in [5.41, 5.74) is 1.78. The quantitative estimate of drug-likeness (QED) is 0.528. The molecule has 164 valence electrons. The fourth-order valence-corrected chi connectivity index (χ4v) is 3.42. The molecule has 0 bridgehead atoms. The van der Waals surface area contributed by atoms with E-state index in [1.165, 1.54) is 6.08 Å². The van der Waals surface area contributed by atoms with Gasteiger partial charge in [-0.15, -0.1) is 0 Å². The number of pyridine rings is 1. The molecule has 0 unspecified atom stereocenters. The monoisotopic (exact) mass is 424 g/mol. The van der Waals surface area contributed by atoms with Crippen molar-refractivity contribution >= 4 is 28.6 Å². The molecule has 3 aromatic rings. The number of hydrogen-bond donors (Lipinski definition) is 2. The summed E-state index contributed by atoms with van der Waals surface area (Å²) in [6.07, 6.45) is 4.98. The fraction of sp³-hybridized carbons (Fsp3) is 0.417. The molecule has 2 aromatic heterocycles. The first-order valence-electron chi connectivity index (χ1n) is 10.8. The van der Waals surface area contributed by atoms with E-state index in [4.69, 9.17) is 9.47 Å².